The molecule has 4 N–H and O–H groups in total. The largest absolute Gasteiger partial charge is 0.350 e. The molecule has 0 aliphatic heterocycles. The van der Waals surface area contributed by atoms with Crippen molar-refractivity contribution in [2.75, 3.05) is 12.0 Å². The fourth-order valence-electron chi connectivity index (χ4n) is 1.85. The van der Waals surface area contributed by atoms with Crippen LogP contribution in [0.15, 0.2) is 30.3 Å². The lowest BCUT2D eigenvalue weighted by Crippen LogP contribution is -2.32. The molecule has 1 aromatic carbocycles. The molecule has 0 fully saturated rings. The lowest BCUT2D eigenvalue weighted by atomic mass is 9.97. The molecule has 5 nitrogen and oxygen atoms in total. The highest BCUT2D eigenvalue weighted by atomic mass is 16.1. The Bertz CT molecular complexity index is 631. The third kappa shape index (κ3) is 3.24. The number of hydrazine groups is 1. The number of carbonyl (C=O) groups excluding carboxylic acids is 1. The van der Waals surface area contributed by atoms with Crippen molar-refractivity contribution in [2.24, 2.45) is 11.3 Å². The fraction of sp³-hybridized carbons (Fsp3) is 0.333. The Hall–Kier alpha value is -2.14. The van der Waals surface area contributed by atoms with Crippen LogP contribution in [-0.4, -0.2) is 17.4 Å². The number of benzene rings is 1. The van der Waals surface area contributed by atoms with E-state index in [0.29, 0.717) is 17.9 Å². The van der Waals surface area contributed by atoms with E-state index in [2.05, 4.69) is 36.5 Å². The molecule has 106 valence electrons. The number of nitrogens with two attached hydrogens (primary N) is 1. The molecule has 20 heavy (non-hydrogen) atoms. The lowest BCUT2D eigenvalue weighted by molar-refractivity contribution is 0.0934. The zero-order valence-electron chi connectivity index (χ0n) is 12.0. The summed E-state index contributed by atoms with van der Waals surface area (Å²) >= 11 is 0. The minimum Gasteiger partial charge on any atom is -0.350 e. The van der Waals surface area contributed by atoms with Gasteiger partial charge in [0.2, 0.25) is 0 Å². The third-order valence-corrected chi connectivity index (χ3v) is 2.88. The van der Waals surface area contributed by atoms with Crippen molar-refractivity contribution in [3.63, 3.8) is 0 Å². The maximum atomic E-state index is 12.2. The number of nitrogens with zero attached hydrogens (tertiary/aromatic N) is 1. The Kier molecular flexibility index (Phi) is 3.90. The number of fused-ring (bicyclic) bond motifs is 1. The first kappa shape index (κ1) is 14.3. The maximum Gasteiger partial charge on any atom is 0.270 e. The van der Waals surface area contributed by atoms with Gasteiger partial charge in [0, 0.05) is 11.9 Å². The van der Waals surface area contributed by atoms with Crippen molar-refractivity contribution in [3.8, 4) is 0 Å². The number of hydrogen-bond donors (Lipinski definition) is 3. The highest BCUT2D eigenvalue weighted by molar-refractivity contribution is 5.99. The van der Waals surface area contributed by atoms with Crippen LogP contribution >= 0.6 is 0 Å². The average molecular weight is 272 g/mol. The predicted octanol–water partition coefficient (Wildman–Crippen LogP) is 2.30. The second kappa shape index (κ2) is 5.46. The summed E-state index contributed by atoms with van der Waals surface area (Å²) in [6.07, 6.45) is 0. The smallest absolute Gasteiger partial charge is 0.270 e. The van der Waals surface area contributed by atoms with Gasteiger partial charge in [-0.3, -0.25) is 10.6 Å². The van der Waals surface area contributed by atoms with E-state index in [1.807, 2.05) is 24.3 Å². The molecule has 0 unspecified atom stereocenters. The van der Waals surface area contributed by atoms with Crippen LogP contribution in [0, 0.1) is 5.41 Å². The molecule has 0 atom stereocenters. The van der Waals surface area contributed by atoms with Gasteiger partial charge in [0.05, 0.1) is 11.2 Å². The first-order valence-electron chi connectivity index (χ1n) is 6.55. The number of hydrogen-bond acceptors (Lipinski definition) is 4. The van der Waals surface area contributed by atoms with Crippen molar-refractivity contribution in [3.05, 3.63) is 36.0 Å². The molecule has 0 saturated carbocycles. The van der Waals surface area contributed by atoms with Gasteiger partial charge in [0.25, 0.3) is 5.91 Å². The van der Waals surface area contributed by atoms with Crippen molar-refractivity contribution >= 4 is 22.5 Å². The normalized spacial score (nSPS) is 11.4. The van der Waals surface area contributed by atoms with Gasteiger partial charge in [0.15, 0.2) is 0 Å². The number of amides is 1. The number of nitrogens with one attached hydrogen (secondary N) is 2. The van der Waals surface area contributed by atoms with Crippen LogP contribution in [0.5, 0.6) is 0 Å². The zero-order chi connectivity index (χ0) is 14.8. The fourth-order valence-corrected chi connectivity index (χ4v) is 1.85. The Morgan fingerprint density at radius 2 is 2.00 bits per heavy atom. The molecule has 1 aromatic heterocycles. The van der Waals surface area contributed by atoms with E-state index in [0.717, 1.165) is 10.9 Å². The number of carbonyl (C=O) groups is 1. The SMILES string of the molecule is CC(C)(C)CNC(=O)c1cc(NN)c2ccccc2n1. The van der Waals surface area contributed by atoms with Gasteiger partial charge in [-0.15, -0.1) is 0 Å². The van der Waals surface area contributed by atoms with Gasteiger partial charge in [-0.2, -0.15) is 0 Å². The van der Waals surface area contributed by atoms with Crippen molar-refractivity contribution in [2.45, 2.75) is 20.8 Å². The summed E-state index contributed by atoms with van der Waals surface area (Å²) in [5.74, 6) is 5.33. The van der Waals surface area contributed by atoms with Crippen LogP contribution in [0.3, 0.4) is 0 Å². The minimum absolute atomic E-state index is 0.0292. The topological polar surface area (TPSA) is 80.0 Å². The Morgan fingerprint density at radius 1 is 1.30 bits per heavy atom. The molecule has 0 bridgehead atoms. The highest BCUT2D eigenvalue weighted by Gasteiger charge is 2.15. The molecule has 0 saturated heterocycles. The first-order valence-corrected chi connectivity index (χ1v) is 6.55. The number of pyridine rings is 1. The van der Waals surface area contributed by atoms with Crippen LogP contribution in [0.4, 0.5) is 5.69 Å². The van der Waals surface area contributed by atoms with Gasteiger partial charge >= 0.3 is 0 Å². The Balaban J connectivity index is 2.33. The summed E-state index contributed by atoms with van der Waals surface area (Å²) in [4.78, 5) is 16.5. The summed E-state index contributed by atoms with van der Waals surface area (Å²) in [6.45, 7) is 6.78. The summed E-state index contributed by atoms with van der Waals surface area (Å²) in [7, 11) is 0. The van der Waals surface area contributed by atoms with E-state index in [4.69, 9.17) is 5.84 Å². The molecular formula is C15H20N4O. The molecule has 2 rings (SSSR count). The molecule has 2 aromatic rings. The monoisotopic (exact) mass is 272 g/mol. The highest BCUT2D eigenvalue weighted by Crippen LogP contribution is 2.22. The maximum absolute atomic E-state index is 12.2. The molecule has 5 heteroatoms. The van der Waals surface area contributed by atoms with Crippen molar-refractivity contribution in [1.82, 2.24) is 10.3 Å². The van der Waals surface area contributed by atoms with Gasteiger partial charge in [0.1, 0.15) is 5.69 Å². The van der Waals surface area contributed by atoms with Gasteiger partial charge in [-0.25, -0.2) is 4.98 Å². The van der Waals surface area contributed by atoms with Crippen LogP contribution in [0.2, 0.25) is 0 Å². The van der Waals surface area contributed by atoms with Crippen LogP contribution in [0.1, 0.15) is 31.3 Å². The quantitative estimate of drug-likeness (QED) is 0.591. The lowest BCUT2D eigenvalue weighted by Gasteiger charge is -2.18. The van der Waals surface area contributed by atoms with Gasteiger partial charge < -0.3 is 10.7 Å². The van der Waals surface area contributed by atoms with Crippen molar-refractivity contribution in [1.29, 1.82) is 0 Å². The minimum atomic E-state index is -0.192. The number of nitrogen functional groups attached to an aromatic ring is 1. The number of rotatable bonds is 3. The van der Waals surface area contributed by atoms with E-state index in [1.54, 1.807) is 6.07 Å². The van der Waals surface area contributed by atoms with E-state index >= 15 is 0 Å². The van der Waals surface area contributed by atoms with E-state index < -0.39 is 0 Å². The molecule has 1 amide bonds. The number of anilines is 1. The summed E-state index contributed by atoms with van der Waals surface area (Å²) < 4.78 is 0. The number of para-hydroxylation sites is 1. The van der Waals surface area contributed by atoms with Crippen LogP contribution in [0.25, 0.3) is 10.9 Å². The molecular weight excluding hydrogens is 252 g/mol. The van der Waals surface area contributed by atoms with Crippen molar-refractivity contribution < 1.29 is 4.79 Å². The van der Waals surface area contributed by atoms with E-state index in [-0.39, 0.29) is 11.3 Å². The Labute approximate surface area is 118 Å². The zero-order valence-corrected chi connectivity index (χ0v) is 12.0. The summed E-state index contributed by atoms with van der Waals surface area (Å²) in [5.41, 5.74) is 4.44. The molecule has 0 radical (unpaired) electrons. The van der Waals surface area contributed by atoms with Crippen LogP contribution in [-0.2, 0) is 0 Å². The molecule has 0 aliphatic carbocycles. The second-order valence-electron chi connectivity index (χ2n) is 5.96. The summed E-state index contributed by atoms with van der Waals surface area (Å²) in [5, 5.41) is 3.78. The van der Waals surface area contributed by atoms with Gasteiger partial charge in [-0.05, 0) is 17.5 Å². The second-order valence-corrected chi connectivity index (χ2v) is 5.96. The average Bonchev–Trinajstić information content (AvgIpc) is 2.42. The third-order valence-electron chi connectivity index (χ3n) is 2.88. The van der Waals surface area contributed by atoms with E-state index in [1.165, 1.54) is 0 Å². The standard InChI is InChI=1S/C15H20N4O/c1-15(2,3)9-17-14(20)13-8-12(19-16)10-6-4-5-7-11(10)18-13/h4-8H,9,16H2,1-3H3,(H,17,20)(H,18,19). The molecule has 0 aliphatic rings. The molecule has 1 heterocycles. The number of aromatic nitrogens is 1. The Morgan fingerprint density at radius 3 is 2.65 bits per heavy atom. The van der Waals surface area contributed by atoms with Gasteiger partial charge in [-0.1, -0.05) is 39.0 Å². The molecule has 0 spiro atoms. The predicted molar refractivity (Wildman–Crippen MR) is 81.3 cm³/mol. The first-order chi connectivity index (χ1) is 9.40. The van der Waals surface area contributed by atoms with E-state index in [9.17, 15) is 4.79 Å². The van der Waals surface area contributed by atoms with Crippen LogP contribution < -0.4 is 16.6 Å². The summed E-state index contributed by atoms with van der Waals surface area (Å²) in [6, 6.07) is 9.22.